The Labute approximate surface area is 84.7 Å². The second-order valence-electron chi connectivity index (χ2n) is 3.78. The summed E-state index contributed by atoms with van der Waals surface area (Å²) in [5.74, 6) is 1.76. The Hall–Kier alpha value is 0.700. The summed E-state index contributed by atoms with van der Waals surface area (Å²) in [6.45, 7) is 0. The summed E-state index contributed by atoms with van der Waals surface area (Å²) in [5.41, 5.74) is 0.508. The van der Waals surface area contributed by atoms with Gasteiger partial charge in [0.25, 0.3) is 0 Å². The lowest BCUT2D eigenvalue weighted by atomic mass is 9.81. The van der Waals surface area contributed by atoms with Gasteiger partial charge in [0.1, 0.15) is 0 Å². The highest BCUT2D eigenvalue weighted by Gasteiger charge is 2.46. The molecule has 0 aliphatic heterocycles. The smallest absolute Gasteiger partial charge is 0.0126 e. The minimum Gasteiger partial charge on any atom is -0.0925 e. The number of fused-ring (bicyclic) bond motifs is 2. The van der Waals surface area contributed by atoms with Gasteiger partial charge in [-0.2, -0.15) is 0 Å². The largest absolute Gasteiger partial charge is 0.0925 e. The molecular formula is C9H12Br2. The molecule has 0 aromatic carbocycles. The molecule has 0 aromatic heterocycles. The van der Waals surface area contributed by atoms with Gasteiger partial charge < -0.3 is 0 Å². The number of rotatable bonds is 2. The second kappa shape index (κ2) is 2.88. The van der Waals surface area contributed by atoms with E-state index in [-0.39, 0.29) is 0 Å². The van der Waals surface area contributed by atoms with E-state index < -0.39 is 0 Å². The van der Waals surface area contributed by atoms with Gasteiger partial charge in [-0.15, -0.1) is 0 Å². The Balaban J connectivity index is 2.22. The molecule has 0 amide bonds. The van der Waals surface area contributed by atoms with E-state index in [0.29, 0.717) is 5.41 Å². The van der Waals surface area contributed by atoms with Crippen LogP contribution in [-0.4, -0.2) is 10.7 Å². The third kappa shape index (κ3) is 1.14. The highest BCUT2D eigenvalue weighted by Crippen LogP contribution is 2.54. The van der Waals surface area contributed by atoms with Crippen molar-refractivity contribution in [3.63, 3.8) is 0 Å². The summed E-state index contributed by atoms with van der Waals surface area (Å²) < 4.78 is 0. The molecular weight excluding hydrogens is 268 g/mol. The molecule has 2 aliphatic rings. The molecule has 11 heavy (non-hydrogen) atoms. The lowest BCUT2D eigenvalue weighted by Crippen LogP contribution is -2.25. The average Bonchev–Trinajstić information content (AvgIpc) is 2.60. The van der Waals surface area contributed by atoms with Crippen molar-refractivity contribution >= 4 is 31.9 Å². The van der Waals surface area contributed by atoms with Gasteiger partial charge in [0.15, 0.2) is 0 Å². The molecule has 0 saturated heterocycles. The highest BCUT2D eigenvalue weighted by atomic mass is 79.9. The second-order valence-corrected chi connectivity index (χ2v) is 4.99. The van der Waals surface area contributed by atoms with E-state index in [1.165, 1.54) is 18.2 Å². The van der Waals surface area contributed by atoms with E-state index in [1.54, 1.807) is 0 Å². The molecule has 0 radical (unpaired) electrons. The lowest BCUT2D eigenvalue weighted by molar-refractivity contribution is 0.352. The lowest BCUT2D eigenvalue weighted by Gasteiger charge is -2.28. The van der Waals surface area contributed by atoms with E-state index in [9.17, 15) is 0 Å². The summed E-state index contributed by atoms with van der Waals surface area (Å²) >= 11 is 7.23. The highest BCUT2D eigenvalue weighted by molar-refractivity contribution is 9.09. The molecule has 0 N–H and O–H groups in total. The van der Waals surface area contributed by atoms with Crippen molar-refractivity contribution in [3.05, 3.63) is 12.2 Å². The van der Waals surface area contributed by atoms with Gasteiger partial charge in [-0.05, 0) is 24.7 Å². The standard InChI is InChI=1S/C9H12Br2/c10-5-8-3-7-1-2-9(8,4-7)6-11/h1-2,7-8H,3-6H2. The van der Waals surface area contributed by atoms with Gasteiger partial charge >= 0.3 is 0 Å². The zero-order valence-electron chi connectivity index (χ0n) is 6.39. The maximum atomic E-state index is 3.63. The maximum absolute atomic E-state index is 3.63. The molecule has 0 aromatic rings. The van der Waals surface area contributed by atoms with Crippen LogP contribution in [0.5, 0.6) is 0 Å². The van der Waals surface area contributed by atoms with Crippen LogP contribution in [0.15, 0.2) is 12.2 Å². The van der Waals surface area contributed by atoms with Crippen molar-refractivity contribution in [2.45, 2.75) is 12.8 Å². The van der Waals surface area contributed by atoms with Crippen LogP contribution in [0.1, 0.15) is 12.8 Å². The van der Waals surface area contributed by atoms with Crippen molar-refractivity contribution in [3.8, 4) is 0 Å². The zero-order chi connectivity index (χ0) is 7.90. The Bertz CT molecular complexity index is 188. The number of hydrogen-bond acceptors (Lipinski definition) is 0. The first-order valence-corrected chi connectivity index (χ1v) is 6.36. The molecule has 0 nitrogen and oxygen atoms in total. The van der Waals surface area contributed by atoms with Crippen molar-refractivity contribution < 1.29 is 0 Å². The minimum absolute atomic E-state index is 0.508. The van der Waals surface area contributed by atoms with Gasteiger partial charge in [-0.1, -0.05) is 44.0 Å². The normalized spacial score (nSPS) is 47.1. The molecule has 1 saturated carbocycles. The van der Waals surface area contributed by atoms with Crippen molar-refractivity contribution in [2.75, 3.05) is 10.7 Å². The van der Waals surface area contributed by atoms with Crippen molar-refractivity contribution in [1.29, 1.82) is 0 Å². The summed E-state index contributed by atoms with van der Waals surface area (Å²) in [5, 5.41) is 2.31. The van der Waals surface area contributed by atoms with Crippen LogP contribution in [-0.2, 0) is 0 Å². The first kappa shape index (κ1) is 8.31. The Morgan fingerprint density at radius 3 is 2.73 bits per heavy atom. The predicted molar refractivity (Wildman–Crippen MR) is 55.4 cm³/mol. The SMILES string of the molecule is BrCC1CC2C=CC1(CBr)C2. The molecule has 2 bridgehead atoms. The predicted octanol–water partition coefficient (Wildman–Crippen LogP) is 3.36. The molecule has 3 unspecified atom stereocenters. The number of alkyl halides is 2. The fourth-order valence-electron chi connectivity index (χ4n) is 2.44. The van der Waals surface area contributed by atoms with Crippen LogP contribution in [0.3, 0.4) is 0 Å². The number of allylic oxidation sites excluding steroid dienone is 2. The minimum atomic E-state index is 0.508. The quantitative estimate of drug-likeness (QED) is 0.537. The molecule has 3 atom stereocenters. The van der Waals surface area contributed by atoms with E-state index in [2.05, 4.69) is 44.0 Å². The Morgan fingerprint density at radius 1 is 1.45 bits per heavy atom. The number of hydrogen-bond donors (Lipinski definition) is 0. The maximum Gasteiger partial charge on any atom is 0.0126 e. The summed E-state index contributed by atoms with van der Waals surface area (Å²) in [6.07, 6.45) is 7.62. The van der Waals surface area contributed by atoms with E-state index in [0.717, 1.165) is 17.2 Å². The van der Waals surface area contributed by atoms with Crippen molar-refractivity contribution in [1.82, 2.24) is 0 Å². The molecule has 0 heterocycles. The molecule has 2 aliphatic carbocycles. The van der Waals surface area contributed by atoms with Crippen LogP contribution in [0, 0.1) is 17.3 Å². The molecule has 0 spiro atoms. The van der Waals surface area contributed by atoms with E-state index >= 15 is 0 Å². The van der Waals surface area contributed by atoms with Crippen LogP contribution >= 0.6 is 31.9 Å². The van der Waals surface area contributed by atoms with Crippen LogP contribution in [0.2, 0.25) is 0 Å². The zero-order valence-corrected chi connectivity index (χ0v) is 9.57. The summed E-state index contributed by atoms with van der Waals surface area (Å²) in [4.78, 5) is 0. The first-order chi connectivity index (χ1) is 5.30. The van der Waals surface area contributed by atoms with Crippen LogP contribution < -0.4 is 0 Å². The van der Waals surface area contributed by atoms with Crippen LogP contribution in [0.4, 0.5) is 0 Å². The molecule has 1 fully saturated rings. The van der Waals surface area contributed by atoms with E-state index in [4.69, 9.17) is 0 Å². The van der Waals surface area contributed by atoms with Crippen LogP contribution in [0.25, 0.3) is 0 Å². The Kier molecular flexibility index (Phi) is 2.17. The van der Waals surface area contributed by atoms with Gasteiger partial charge in [-0.3, -0.25) is 0 Å². The van der Waals surface area contributed by atoms with Gasteiger partial charge in [0.2, 0.25) is 0 Å². The molecule has 62 valence electrons. The van der Waals surface area contributed by atoms with Crippen molar-refractivity contribution in [2.24, 2.45) is 17.3 Å². The monoisotopic (exact) mass is 278 g/mol. The summed E-state index contributed by atoms with van der Waals surface area (Å²) in [7, 11) is 0. The molecule has 2 heteroatoms. The van der Waals surface area contributed by atoms with Gasteiger partial charge in [0.05, 0.1) is 0 Å². The first-order valence-electron chi connectivity index (χ1n) is 4.12. The fourth-order valence-corrected chi connectivity index (χ4v) is 4.22. The fraction of sp³-hybridized carbons (Fsp3) is 0.778. The van der Waals surface area contributed by atoms with E-state index in [1.807, 2.05) is 0 Å². The third-order valence-corrected chi connectivity index (χ3v) is 5.00. The third-order valence-electron chi connectivity index (χ3n) is 3.18. The van der Waals surface area contributed by atoms with Gasteiger partial charge in [0, 0.05) is 16.1 Å². The summed E-state index contributed by atoms with van der Waals surface area (Å²) in [6, 6.07) is 0. The molecule has 2 rings (SSSR count). The number of halogens is 2. The average molecular weight is 280 g/mol. The van der Waals surface area contributed by atoms with Gasteiger partial charge in [-0.25, -0.2) is 0 Å². The topological polar surface area (TPSA) is 0 Å². The Morgan fingerprint density at radius 2 is 2.27 bits per heavy atom.